The Bertz CT molecular complexity index is 678. The molecule has 0 spiro atoms. The molecular formula is C15H13NO3. The fraction of sp³-hybridized carbons (Fsp3) is 0.200. The number of carbonyl (C=O) groups excluding carboxylic acids is 2. The molecule has 0 bridgehead atoms. The van der Waals surface area contributed by atoms with Gasteiger partial charge in [0.1, 0.15) is 6.61 Å². The summed E-state index contributed by atoms with van der Waals surface area (Å²) in [6.45, 7) is 2.56. The SMILES string of the molecule is CC(=O)c1ccc2cc(N3CCOC3=O)ccc2c1. The number of anilines is 1. The summed E-state index contributed by atoms with van der Waals surface area (Å²) in [6.07, 6.45) is -0.306. The van der Waals surface area contributed by atoms with Crippen LogP contribution in [0.5, 0.6) is 0 Å². The molecule has 0 unspecified atom stereocenters. The van der Waals surface area contributed by atoms with Gasteiger partial charge in [-0.3, -0.25) is 9.69 Å². The van der Waals surface area contributed by atoms with E-state index in [-0.39, 0.29) is 11.9 Å². The summed E-state index contributed by atoms with van der Waals surface area (Å²) in [7, 11) is 0. The molecule has 0 aliphatic carbocycles. The highest BCUT2D eigenvalue weighted by Gasteiger charge is 2.23. The summed E-state index contributed by atoms with van der Waals surface area (Å²) in [6, 6.07) is 11.3. The van der Waals surface area contributed by atoms with Crippen molar-refractivity contribution in [2.24, 2.45) is 0 Å². The largest absolute Gasteiger partial charge is 0.447 e. The van der Waals surface area contributed by atoms with E-state index in [1.807, 2.05) is 30.3 Å². The quantitative estimate of drug-likeness (QED) is 0.775. The fourth-order valence-corrected chi connectivity index (χ4v) is 2.25. The van der Waals surface area contributed by atoms with Gasteiger partial charge in [-0.1, -0.05) is 18.2 Å². The second kappa shape index (κ2) is 4.39. The summed E-state index contributed by atoms with van der Waals surface area (Å²) in [5.41, 5.74) is 1.52. The van der Waals surface area contributed by atoms with Crippen LogP contribution in [-0.4, -0.2) is 25.0 Å². The van der Waals surface area contributed by atoms with Gasteiger partial charge >= 0.3 is 6.09 Å². The van der Waals surface area contributed by atoms with Gasteiger partial charge in [0.15, 0.2) is 5.78 Å². The van der Waals surface area contributed by atoms with Crippen LogP contribution in [0.4, 0.5) is 10.5 Å². The lowest BCUT2D eigenvalue weighted by Crippen LogP contribution is -2.23. The van der Waals surface area contributed by atoms with Crippen molar-refractivity contribution < 1.29 is 14.3 Å². The van der Waals surface area contributed by atoms with Crippen LogP contribution in [0.2, 0.25) is 0 Å². The van der Waals surface area contributed by atoms with Crippen LogP contribution in [0.15, 0.2) is 36.4 Å². The van der Waals surface area contributed by atoms with Gasteiger partial charge in [0, 0.05) is 11.3 Å². The van der Waals surface area contributed by atoms with Gasteiger partial charge in [-0.25, -0.2) is 4.79 Å². The second-order valence-corrected chi connectivity index (χ2v) is 4.57. The molecule has 0 atom stereocenters. The summed E-state index contributed by atoms with van der Waals surface area (Å²) in [5.74, 6) is 0.0501. The van der Waals surface area contributed by atoms with Crippen LogP contribution in [0.1, 0.15) is 17.3 Å². The number of ether oxygens (including phenoxy) is 1. The van der Waals surface area contributed by atoms with Gasteiger partial charge in [0.25, 0.3) is 0 Å². The number of Topliss-reactive ketones (excluding diaryl/α,β-unsaturated/α-hetero) is 1. The van der Waals surface area contributed by atoms with Gasteiger partial charge in [-0.2, -0.15) is 0 Å². The molecule has 19 heavy (non-hydrogen) atoms. The molecule has 4 nitrogen and oxygen atoms in total. The molecule has 0 saturated carbocycles. The molecule has 0 radical (unpaired) electrons. The molecule has 1 saturated heterocycles. The molecule has 0 N–H and O–H groups in total. The Morgan fingerprint density at radius 2 is 1.89 bits per heavy atom. The Kier molecular flexibility index (Phi) is 2.71. The molecular weight excluding hydrogens is 242 g/mol. The third kappa shape index (κ3) is 2.05. The van der Waals surface area contributed by atoms with Crippen LogP contribution >= 0.6 is 0 Å². The number of benzene rings is 2. The number of ketones is 1. The van der Waals surface area contributed by atoms with E-state index < -0.39 is 0 Å². The first-order valence-electron chi connectivity index (χ1n) is 6.14. The monoisotopic (exact) mass is 255 g/mol. The molecule has 1 fully saturated rings. The highest BCUT2D eigenvalue weighted by Crippen LogP contribution is 2.25. The van der Waals surface area contributed by atoms with Crippen LogP contribution in [0.25, 0.3) is 10.8 Å². The summed E-state index contributed by atoms with van der Waals surface area (Å²) >= 11 is 0. The molecule has 0 aromatic heterocycles. The van der Waals surface area contributed by atoms with Gasteiger partial charge in [-0.05, 0) is 35.9 Å². The van der Waals surface area contributed by atoms with Crippen LogP contribution < -0.4 is 4.90 Å². The van der Waals surface area contributed by atoms with Gasteiger partial charge in [0.05, 0.1) is 6.54 Å². The Balaban J connectivity index is 2.04. The lowest BCUT2D eigenvalue weighted by molar-refractivity contribution is 0.101. The van der Waals surface area contributed by atoms with Crippen molar-refractivity contribution in [3.8, 4) is 0 Å². The number of fused-ring (bicyclic) bond motifs is 1. The van der Waals surface area contributed by atoms with E-state index in [2.05, 4.69) is 0 Å². The fourth-order valence-electron chi connectivity index (χ4n) is 2.25. The average Bonchev–Trinajstić information content (AvgIpc) is 2.83. The van der Waals surface area contributed by atoms with E-state index in [9.17, 15) is 9.59 Å². The zero-order chi connectivity index (χ0) is 13.4. The molecule has 2 aromatic carbocycles. The Morgan fingerprint density at radius 1 is 1.16 bits per heavy atom. The zero-order valence-electron chi connectivity index (χ0n) is 10.6. The molecule has 3 rings (SSSR count). The minimum Gasteiger partial charge on any atom is -0.447 e. The molecule has 96 valence electrons. The topological polar surface area (TPSA) is 46.6 Å². The van der Waals surface area contributed by atoms with Gasteiger partial charge < -0.3 is 4.74 Å². The number of hydrogen-bond acceptors (Lipinski definition) is 3. The smallest absolute Gasteiger partial charge is 0.414 e. The maximum atomic E-state index is 11.5. The van der Waals surface area contributed by atoms with Crippen molar-refractivity contribution in [3.63, 3.8) is 0 Å². The molecule has 1 aliphatic rings. The van der Waals surface area contributed by atoms with Gasteiger partial charge in [-0.15, -0.1) is 0 Å². The third-order valence-electron chi connectivity index (χ3n) is 3.30. The highest BCUT2D eigenvalue weighted by atomic mass is 16.6. The standard InChI is InChI=1S/C15H13NO3/c1-10(17)11-2-3-13-9-14(5-4-12(13)8-11)16-6-7-19-15(16)18/h2-5,8-9H,6-7H2,1H3. The molecule has 1 heterocycles. The van der Waals surface area contributed by atoms with Crippen LogP contribution in [-0.2, 0) is 4.74 Å². The summed E-state index contributed by atoms with van der Waals surface area (Å²) in [4.78, 5) is 24.5. The Hall–Kier alpha value is -2.36. The van der Waals surface area contributed by atoms with Crippen molar-refractivity contribution in [3.05, 3.63) is 42.0 Å². The number of cyclic esters (lactones) is 1. The van der Waals surface area contributed by atoms with E-state index >= 15 is 0 Å². The van der Waals surface area contributed by atoms with E-state index in [0.29, 0.717) is 18.7 Å². The Labute approximate surface area is 110 Å². The van der Waals surface area contributed by atoms with Gasteiger partial charge in [0.2, 0.25) is 0 Å². The maximum Gasteiger partial charge on any atom is 0.414 e. The number of hydrogen-bond donors (Lipinski definition) is 0. The summed E-state index contributed by atoms with van der Waals surface area (Å²) in [5, 5.41) is 1.99. The van der Waals surface area contributed by atoms with Crippen molar-refractivity contribution in [1.29, 1.82) is 0 Å². The van der Waals surface area contributed by atoms with E-state index in [0.717, 1.165) is 16.5 Å². The molecule has 2 aromatic rings. The molecule has 4 heteroatoms. The number of rotatable bonds is 2. The van der Waals surface area contributed by atoms with Crippen molar-refractivity contribution in [2.45, 2.75) is 6.92 Å². The van der Waals surface area contributed by atoms with Crippen molar-refractivity contribution in [2.75, 3.05) is 18.1 Å². The first-order valence-corrected chi connectivity index (χ1v) is 6.14. The number of nitrogens with zero attached hydrogens (tertiary/aromatic N) is 1. The van der Waals surface area contributed by atoms with Crippen molar-refractivity contribution >= 4 is 28.3 Å². The predicted octanol–water partition coefficient (Wildman–Crippen LogP) is 3.00. The molecule has 1 aliphatic heterocycles. The zero-order valence-corrected chi connectivity index (χ0v) is 10.6. The number of carbonyl (C=O) groups is 2. The third-order valence-corrected chi connectivity index (χ3v) is 3.30. The number of amides is 1. The van der Waals surface area contributed by atoms with Crippen molar-refractivity contribution in [1.82, 2.24) is 0 Å². The predicted molar refractivity (Wildman–Crippen MR) is 72.6 cm³/mol. The van der Waals surface area contributed by atoms with E-state index in [4.69, 9.17) is 4.74 Å². The lowest BCUT2D eigenvalue weighted by atomic mass is 10.0. The Morgan fingerprint density at radius 3 is 2.58 bits per heavy atom. The minimum absolute atomic E-state index is 0.0501. The molecule has 1 amide bonds. The first-order chi connectivity index (χ1) is 9.15. The average molecular weight is 255 g/mol. The van der Waals surface area contributed by atoms with E-state index in [1.165, 1.54) is 0 Å². The second-order valence-electron chi connectivity index (χ2n) is 4.57. The normalized spacial score (nSPS) is 14.8. The highest BCUT2D eigenvalue weighted by molar-refractivity contribution is 6.00. The lowest BCUT2D eigenvalue weighted by Gasteiger charge is -2.13. The van der Waals surface area contributed by atoms with Crippen LogP contribution in [0.3, 0.4) is 0 Å². The van der Waals surface area contributed by atoms with E-state index in [1.54, 1.807) is 17.9 Å². The minimum atomic E-state index is -0.306. The summed E-state index contributed by atoms with van der Waals surface area (Å²) < 4.78 is 4.92. The first kappa shape index (κ1) is 11.7. The maximum absolute atomic E-state index is 11.5. The van der Waals surface area contributed by atoms with Crippen LogP contribution in [0, 0.1) is 0 Å².